The Morgan fingerprint density at radius 1 is 0.892 bits per heavy atom. The summed E-state index contributed by atoms with van der Waals surface area (Å²) >= 11 is 0. The van der Waals surface area contributed by atoms with Gasteiger partial charge < -0.3 is 35.1 Å². The summed E-state index contributed by atoms with van der Waals surface area (Å²) in [4.78, 5) is 98.0. The maximum absolute atomic E-state index is 15.4. The number of amides is 3. The molecule has 0 unspecified atom stereocenters. The highest BCUT2D eigenvalue weighted by atomic mass is 19.1. The van der Waals surface area contributed by atoms with Crippen LogP contribution in [-0.2, 0) is 69.8 Å². The van der Waals surface area contributed by atoms with E-state index in [2.05, 4.69) is 16.0 Å². The maximum atomic E-state index is 15.4. The van der Waals surface area contributed by atoms with E-state index in [9.17, 15) is 38.7 Å². The van der Waals surface area contributed by atoms with Crippen LogP contribution in [0.5, 0.6) is 0 Å². The lowest BCUT2D eigenvalue weighted by molar-refractivity contribution is -0.172. The first-order valence-electron chi connectivity index (χ1n) is 25.3. The van der Waals surface area contributed by atoms with E-state index in [4.69, 9.17) is 14.5 Å². The fraction of sp³-hybridized carbons (Fsp3) is 0.345. The van der Waals surface area contributed by atoms with Crippen molar-refractivity contribution in [3.63, 3.8) is 0 Å². The molecule has 0 radical (unpaired) electrons. The van der Waals surface area contributed by atoms with Crippen LogP contribution in [0.15, 0.2) is 95.8 Å². The molecule has 4 aromatic carbocycles. The van der Waals surface area contributed by atoms with Crippen LogP contribution >= 0.6 is 0 Å². The summed E-state index contributed by atoms with van der Waals surface area (Å²) in [5.74, 6) is -4.20. The highest BCUT2D eigenvalue weighted by Gasteiger charge is 2.46. The molecule has 380 valence electrons. The topological polar surface area (TPSA) is 212 Å². The number of aliphatic hydroxyl groups is 1. The van der Waals surface area contributed by atoms with Crippen molar-refractivity contribution in [1.82, 2.24) is 25.5 Å². The average molecular weight is 1000 g/mol. The highest BCUT2D eigenvalue weighted by molar-refractivity contribution is 5.94. The van der Waals surface area contributed by atoms with Gasteiger partial charge in [0.15, 0.2) is 11.4 Å². The first-order chi connectivity index (χ1) is 35.7. The van der Waals surface area contributed by atoms with E-state index in [-0.39, 0.29) is 112 Å². The molecule has 15 nitrogen and oxygen atoms in total. The summed E-state index contributed by atoms with van der Waals surface area (Å²) < 4.78 is 27.8. The molecule has 4 N–H and O–H groups in total. The molecule has 0 bridgehead atoms. The number of fused-ring (bicyclic) bond motifs is 8. The number of nitrogens with one attached hydrogen (secondary N) is 3. The second-order valence-electron chi connectivity index (χ2n) is 19.7. The Labute approximate surface area is 425 Å². The van der Waals surface area contributed by atoms with Crippen molar-refractivity contribution < 1.29 is 47.7 Å². The number of pyridine rings is 2. The third-order valence-electron chi connectivity index (χ3n) is 15.2. The van der Waals surface area contributed by atoms with E-state index in [1.54, 1.807) is 19.9 Å². The zero-order chi connectivity index (χ0) is 51.8. The van der Waals surface area contributed by atoms with Gasteiger partial charge in [0, 0.05) is 60.2 Å². The van der Waals surface area contributed by atoms with Gasteiger partial charge in [-0.15, -0.1) is 0 Å². The maximum Gasteiger partial charge on any atom is 0.343 e. The van der Waals surface area contributed by atoms with Crippen LogP contribution in [0.3, 0.4) is 0 Å². The number of hydrogen-bond donors (Lipinski definition) is 4. The number of aromatic nitrogens is 2. The molecule has 3 amide bonds. The Hall–Kier alpha value is -7.85. The van der Waals surface area contributed by atoms with E-state index >= 15 is 4.39 Å². The smallest absolute Gasteiger partial charge is 0.343 e. The summed E-state index contributed by atoms with van der Waals surface area (Å²) in [6.07, 6.45) is 0.969. The Morgan fingerprint density at radius 2 is 1.61 bits per heavy atom. The number of aryl methyl sites for hydroxylation is 1. The molecule has 6 aromatic rings. The lowest BCUT2D eigenvalue weighted by atomic mass is 9.81. The van der Waals surface area contributed by atoms with Crippen LogP contribution in [0, 0.1) is 18.7 Å². The number of cyclic esters (lactones) is 1. The highest BCUT2D eigenvalue weighted by Crippen LogP contribution is 2.47. The predicted octanol–water partition coefficient (Wildman–Crippen LogP) is 6.60. The number of Topliss-reactive ketones (excluding diaryl/α,β-unsaturated/α-hetero) is 1. The number of benzene rings is 4. The van der Waals surface area contributed by atoms with Crippen LogP contribution in [-0.4, -0.2) is 69.8 Å². The molecule has 0 fully saturated rings. The van der Waals surface area contributed by atoms with Gasteiger partial charge in [-0.3, -0.25) is 28.8 Å². The van der Waals surface area contributed by atoms with Gasteiger partial charge in [-0.25, -0.2) is 14.2 Å². The number of esters is 2. The molecule has 74 heavy (non-hydrogen) atoms. The molecule has 4 aliphatic rings. The van der Waals surface area contributed by atoms with Crippen molar-refractivity contribution in [1.29, 1.82) is 0 Å². The Bertz CT molecular complexity index is 3310. The predicted molar refractivity (Wildman–Crippen MR) is 271 cm³/mol. The number of ether oxygens (including phenoxy) is 2. The van der Waals surface area contributed by atoms with E-state index in [1.165, 1.54) is 10.6 Å². The largest absolute Gasteiger partial charge is 0.465 e. The molecule has 0 saturated carbocycles. The Balaban J connectivity index is 0.742. The first kappa shape index (κ1) is 49.7. The molecule has 0 spiro atoms. The molecular weight excluding hydrogens is 946 g/mol. The number of nitrogens with zero attached hydrogens (tertiary/aromatic N) is 2. The van der Waals surface area contributed by atoms with E-state index in [0.717, 1.165) is 38.9 Å². The summed E-state index contributed by atoms with van der Waals surface area (Å²) in [7, 11) is 0. The standard InChI is InChI=1S/C58H56FN5O10/c1-3-58(72)44-26-48-54-41(29-64(48)56(70)43(44)31-74-57(58)71)53-46(20-19-36-32(2)45(59)27-47(63-54)52(36)53)62-50(67)18-11-23-60-55(69)34(24-33-12-5-4-6-13-33)25-35(65)28-61-49(66)21-22-51(68)73-30-42-39-16-9-7-14-37(39)38-15-8-10-17-40(38)42/h4-10,12-17,26-27,34,42,46,72H,3,11,18-25,28-31H2,1-2H3,(H,60,69)(H,61,66)(H,62,67)/t34-,46+,58+/m1/s1. The normalized spacial score (nSPS) is 17.2. The number of carbonyl (C=O) groups is 6. The Morgan fingerprint density at radius 3 is 2.34 bits per heavy atom. The molecule has 0 saturated heterocycles. The second-order valence-corrected chi connectivity index (χ2v) is 19.7. The van der Waals surface area contributed by atoms with Crippen molar-refractivity contribution in [2.45, 2.75) is 102 Å². The molecule has 3 atom stereocenters. The molecule has 2 aliphatic heterocycles. The van der Waals surface area contributed by atoms with Crippen molar-refractivity contribution in [2.24, 2.45) is 5.92 Å². The van der Waals surface area contributed by atoms with Gasteiger partial charge in [0.1, 0.15) is 19.0 Å². The molecule has 16 heteroatoms. The number of carbonyl (C=O) groups excluding carboxylic acids is 6. The average Bonchev–Trinajstić information content (AvgIpc) is 3.96. The summed E-state index contributed by atoms with van der Waals surface area (Å²) in [5.41, 5.74) is 6.90. The van der Waals surface area contributed by atoms with Gasteiger partial charge >= 0.3 is 11.9 Å². The van der Waals surface area contributed by atoms with Crippen molar-refractivity contribution in [3.05, 3.63) is 157 Å². The van der Waals surface area contributed by atoms with Gasteiger partial charge in [0.25, 0.3) is 5.56 Å². The third kappa shape index (κ3) is 9.38. The van der Waals surface area contributed by atoms with Gasteiger partial charge in [-0.2, -0.15) is 0 Å². The molecule has 4 heterocycles. The summed E-state index contributed by atoms with van der Waals surface area (Å²) in [6.45, 7) is 3.10. The van der Waals surface area contributed by atoms with Gasteiger partial charge in [0.05, 0.1) is 48.0 Å². The monoisotopic (exact) mass is 1000 g/mol. The van der Waals surface area contributed by atoms with Crippen molar-refractivity contribution >= 4 is 46.3 Å². The number of halogens is 1. The summed E-state index contributed by atoms with van der Waals surface area (Å²) in [6, 6.07) is 27.7. The first-order valence-corrected chi connectivity index (χ1v) is 25.3. The number of hydrogen-bond acceptors (Lipinski definition) is 11. The molecule has 2 aliphatic carbocycles. The minimum Gasteiger partial charge on any atom is -0.465 e. The second kappa shape index (κ2) is 20.6. The van der Waals surface area contributed by atoms with E-state index < -0.39 is 46.8 Å². The number of ketones is 1. The quantitative estimate of drug-likeness (QED) is 0.0532. The van der Waals surface area contributed by atoms with Crippen LogP contribution in [0.25, 0.3) is 33.4 Å². The van der Waals surface area contributed by atoms with Crippen molar-refractivity contribution in [3.8, 4) is 22.5 Å². The summed E-state index contributed by atoms with van der Waals surface area (Å²) in [5, 5.41) is 20.8. The minimum absolute atomic E-state index is 0.0246. The van der Waals surface area contributed by atoms with Crippen LogP contribution in [0.4, 0.5) is 4.39 Å². The molecule has 2 aromatic heterocycles. The molecular formula is C58H56FN5O10. The zero-order valence-electron chi connectivity index (χ0n) is 41.2. The van der Waals surface area contributed by atoms with E-state index in [0.29, 0.717) is 46.3 Å². The van der Waals surface area contributed by atoms with Gasteiger partial charge in [0.2, 0.25) is 17.7 Å². The minimum atomic E-state index is -2.03. The van der Waals surface area contributed by atoms with Crippen LogP contribution < -0.4 is 21.5 Å². The Kier molecular flexibility index (Phi) is 13.8. The number of rotatable bonds is 18. The lowest BCUT2D eigenvalue weighted by Gasteiger charge is -2.31. The van der Waals surface area contributed by atoms with Crippen molar-refractivity contribution in [2.75, 3.05) is 19.7 Å². The zero-order valence-corrected chi connectivity index (χ0v) is 41.2. The van der Waals surface area contributed by atoms with Crippen LogP contribution in [0.1, 0.15) is 114 Å². The fourth-order valence-electron chi connectivity index (χ4n) is 11.3. The lowest BCUT2D eigenvalue weighted by Crippen LogP contribution is -2.44. The third-order valence-corrected chi connectivity index (χ3v) is 15.2. The van der Waals surface area contributed by atoms with E-state index in [1.807, 2.05) is 78.9 Å². The van der Waals surface area contributed by atoms with Gasteiger partial charge in [-0.05, 0) is 89.6 Å². The van der Waals surface area contributed by atoms with Crippen LogP contribution in [0.2, 0.25) is 0 Å². The molecule has 10 rings (SSSR count). The fourth-order valence-corrected chi connectivity index (χ4v) is 11.3. The SMILES string of the molecule is CC[C@@]1(O)C(=O)OCc2c1cc1n(c2=O)Cc2c-1nc1cc(F)c(C)c3c1c2[C@@H](NC(=O)CCCNC(=O)[C@@H](CC(=O)CNC(=O)CCC(=O)OCC1c2ccccc2-c2ccccc21)Cc1ccccc1)CC3. The van der Waals surface area contributed by atoms with Gasteiger partial charge in [-0.1, -0.05) is 85.8 Å².